The highest BCUT2D eigenvalue weighted by molar-refractivity contribution is 5.86. The number of hydrogen-bond acceptors (Lipinski definition) is 8. The average molecular weight is 328 g/mol. The van der Waals surface area contributed by atoms with E-state index in [9.17, 15) is 0 Å². The Labute approximate surface area is 139 Å². The Hall–Kier alpha value is -2.55. The van der Waals surface area contributed by atoms with Crippen LogP contribution in [-0.4, -0.2) is 61.0 Å². The van der Waals surface area contributed by atoms with Crippen molar-refractivity contribution in [3.8, 4) is 0 Å². The van der Waals surface area contributed by atoms with Gasteiger partial charge in [-0.05, 0) is 13.8 Å². The van der Waals surface area contributed by atoms with Crippen LogP contribution in [-0.2, 0) is 7.05 Å². The van der Waals surface area contributed by atoms with Crippen molar-refractivity contribution in [3.05, 3.63) is 24.2 Å². The zero-order chi connectivity index (χ0) is 16.7. The van der Waals surface area contributed by atoms with Crippen LogP contribution in [0, 0.1) is 6.92 Å². The van der Waals surface area contributed by atoms with Crippen molar-refractivity contribution in [2.24, 2.45) is 7.05 Å². The lowest BCUT2D eigenvalue weighted by Gasteiger charge is -2.37. The van der Waals surface area contributed by atoms with Gasteiger partial charge in [0.1, 0.15) is 12.1 Å². The molecule has 3 aromatic heterocycles. The Morgan fingerprint density at radius 1 is 1.17 bits per heavy atom. The second kappa shape index (κ2) is 5.82. The van der Waals surface area contributed by atoms with Crippen molar-refractivity contribution in [3.63, 3.8) is 0 Å². The standard InChI is InChI=1S/C15H20N8O/c1-10(15-19-11(2)20-24-15)22-4-6-23(7-5-22)14-12-8-18-21(3)13(12)16-9-17-14/h8-10H,4-7H2,1-3H3/t10-/m1/s1. The monoisotopic (exact) mass is 328 g/mol. The van der Waals surface area contributed by atoms with E-state index in [-0.39, 0.29) is 6.04 Å². The van der Waals surface area contributed by atoms with Crippen LogP contribution in [0.1, 0.15) is 24.7 Å². The Morgan fingerprint density at radius 2 is 1.96 bits per heavy atom. The van der Waals surface area contributed by atoms with Gasteiger partial charge in [-0.1, -0.05) is 5.16 Å². The summed E-state index contributed by atoms with van der Waals surface area (Å²) < 4.78 is 7.08. The molecule has 0 spiro atoms. The smallest absolute Gasteiger partial charge is 0.243 e. The number of fused-ring (bicyclic) bond motifs is 1. The van der Waals surface area contributed by atoms with Crippen LogP contribution in [0.4, 0.5) is 5.82 Å². The lowest BCUT2D eigenvalue weighted by molar-refractivity contribution is 0.164. The van der Waals surface area contributed by atoms with E-state index in [0.29, 0.717) is 11.7 Å². The number of anilines is 1. The summed E-state index contributed by atoms with van der Waals surface area (Å²) in [6, 6.07) is 0.122. The molecule has 0 amide bonds. The Morgan fingerprint density at radius 3 is 2.67 bits per heavy atom. The SMILES string of the molecule is Cc1noc([C@@H](C)N2CCN(c3ncnc4c3cnn4C)CC2)n1. The molecule has 4 heterocycles. The van der Waals surface area contributed by atoms with Gasteiger partial charge < -0.3 is 9.42 Å². The maximum atomic E-state index is 5.30. The minimum atomic E-state index is 0.122. The van der Waals surface area contributed by atoms with Gasteiger partial charge in [0.15, 0.2) is 11.5 Å². The summed E-state index contributed by atoms with van der Waals surface area (Å²) in [7, 11) is 1.89. The number of hydrogen-bond donors (Lipinski definition) is 0. The topological polar surface area (TPSA) is 89.0 Å². The minimum absolute atomic E-state index is 0.122. The number of rotatable bonds is 3. The highest BCUT2D eigenvalue weighted by atomic mass is 16.5. The zero-order valence-electron chi connectivity index (χ0n) is 14.0. The largest absolute Gasteiger partial charge is 0.353 e. The van der Waals surface area contributed by atoms with Crippen LogP contribution >= 0.6 is 0 Å². The fraction of sp³-hybridized carbons (Fsp3) is 0.533. The predicted octanol–water partition coefficient (Wildman–Crippen LogP) is 0.938. The van der Waals surface area contributed by atoms with E-state index in [1.807, 2.05) is 20.2 Å². The molecule has 4 rings (SSSR count). The van der Waals surface area contributed by atoms with Gasteiger partial charge in [-0.2, -0.15) is 10.1 Å². The summed E-state index contributed by atoms with van der Waals surface area (Å²) in [5.41, 5.74) is 0.858. The summed E-state index contributed by atoms with van der Waals surface area (Å²) in [5.74, 6) is 2.31. The molecule has 0 saturated carbocycles. The molecule has 0 aromatic carbocycles. The maximum absolute atomic E-state index is 5.30. The molecule has 126 valence electrons. The summed E-state index contributed by atoms with van der Waals surface area (Å²) in [5, 5.41) is 9.16. The molecular weight excluding hydrogens is 308 g/mol. The van der Waals surface area contributed by atoms with E-state index in [1.54, 1.807) is 11.0 Å². The zero-order valence-corrected chi connectivity index (χ0v) is 14.0. The number of nitrogens with zero attached hydrogens (tertiary/aromatic N) is 8. The highest BCUT2D eigenvalue weighted by Crippen LogP contribution is 2.25. The third kappa shape index (κ3) is 2.50. The molecule has 9 nitrogen and oxygen atoms in total. The first-order valence-corrected chi connectivity index (χ1v) is 8.05. The highest BCUT2D eigenvalue weighted by Gasteiger charge is 2.27. The van der Waals surface area contributed by atoms with Crippen molar-refractivity contribution in [2.45, 2.75) is 19.9 Å². The van der Waals surface area contributed by atoms with Gasteiger partial charge in [0.2, 0.25) is 5.89 Å². The van der Waals surface area contributed by atoms with E-state index in [1.165, 1.54) is 0 Å². The lowest BCUT2D eigenvalue weighted by Crippen LogP contribution is -2.47. The lowest BCUT2D eigenvalue weighted by atomic mass is 10.2. The van der Waals surface area contributed by atoms with Crippen LogP contribution in [0.3, 0.4) is 0 Å². The Bertz CT molecular complexity index is 848. The van der Waals surface area contributed by atoms with Crippen molar-refractivity contribution < 1.29 is 4.52 Å². The van der Waals surface area contributed by atoms with E-state index >= 15 is 0 Å². The van der Waals surface area contributed by atoms with Crippen LogP contribution < -0.4 is 4.90 Å². The van der Waals surface area contributed by atoms with Crippen molar-refractivity contribution in [2.75, 3.05) is 31.1 Å². The van der Waals surface area contributed by atoms with Gasteiger partial charge in [-0.15, -0.1) is 0 Å². The molecule has 1 fully saturated rings. The van der Waals surface area contributed by atoms with Gasteiger partial charge in [0.25, 0.3) is 0 Å². The first-order valence-electron chi connectivity index (χ1n) is 8.05. The molecule has 1 aliphatic rings. The molecule has 0 radical (unpaired) electrons. The van der Waals surface area contributed by atoms with Gasteiger partial charge in [0.05, 0.1) is 17.6 Å². The molecule has 0 N–H and O–H groups in total. The summed E-state index contributed by atoms with van der Waals surface area (Å²) in [4.78, 5) is 17.8. The third-order valence-corrected chi connectivity index (χ3v) is 4.57. The van der Waals surface area contributed by atoms with Gasteiger partial charge in [-0.25, -0.2) is 9.97 Å². The molecule has 3 aromatic rings. The molecule has 1 saturated heterocycles. The van der Waals surface area contributed by atoms with Crippen LogP contribution in [0.25, 0.3) is 11.0 Å². The molecule has 0 unspecified atom stereocenters. The summed E-state index contributed by atoms with van der Waals surface area (Å²) in [6.45, 7) is 7.54. The van der Waals surface area contributed by atoms with Crippen molar-refractivity contribution in [1.29, 1.82) is 0 Å². The van der Waals surface area contributed by atoms with Crippen LogP contribution in [0.5, 0.6) is 0 Å². The van der Waals surface area contributed by atoms with Crippen molar-refractivity contribution in [1.82, 2.24) is 34.8 Å². The Balaban J connectivity index is 1.49. The summed E-state index contributed by atoms with van der Waals surface area (Å²) >= 11 is 0. The van der Waals surface area contributed by atoms with Crippen LogP contribution in [0.15, 0.2) is 17.0 Å². The van der Waals surface area contributed by atoms with E-state index in [4.69, 9.17) is 4.52 Å². The fourth-order valence-electron chi connectivity index (χ4n) is 3.16. The first kappa shape index (κ1) is 15.0. The number of aromatic nitrogens is 6. The Kier molecular flexibility index (Phi) is 3.64. The van der Waals surface area contributed by atoms with E-state index in [0.717, 1.165) is 43.0 Å². The first-order chi connectivity index (χ1) is 11.6. The molecule has 0 bridgehead atoms. The molecule has 9 heteroatoms. The fourth-order valence-corrected chi connectivity index (χ4v) is 3.16. The normalized spacial score (nSPS) is 17.5. The number of piperazine rings is 1. The average Bonchev–Trinajstić information content (AvgIpc) is 3.21. The maximum Gasteiger partial charge on any atom is 0.243 e. The third-order valence-electron chi connectivity index (χ3n) is 4.57. The molecule has 1 aliphatic heterocycles. The van der Waals surface area contributed by atoms with Gasteiger partial charge >= 0.3 is 0 Å². The second-order valence-corrected chi connectivity index (χ2v) is 6.08. The number of aryl methyl sites for hydroxylation is 2. The van der Waals surface area contributed by atoms with Crippen molar-refractivity contribution >= 4 is 16.9 Å². The summed E-state index contributed by atoms with van der Waals surface area (Å²) in [6.07, 6.45) is 3.44. The predicted molar refractivity (Wildman–Crippen MR) is 87.5 cm³/mol. The molecule has 0 aliphatic carbocycles. The second-order valence-electron chi connectivity index (χ2n) is 6.08. The van der Waals surface area contributed by atoms with Gasteiger partial charge in [-0.3, -0.25) is 9.58 Å². The molecular formula is C15H20N8O. The van der Waals surface area contributed by atoms with E-state index in [2.05, 4.69) is 41.9 Å². The van der Waals surface area contributed by atoms with Gasteiger partial charge in [0, 0.05) is 33.2 Å². The minimum Gasteiger partial charge on any atom is -0.353 e. The molecule has 1 atom stereocenters. The quantitative estimate of drug-likeness (QED) is 0.702. The van der Waals surface area contributed by atoms with E-state index < -0.39 is 0 Å². The molecule has 24 heavy (non-hydrogen) atoms. The van der Waals surface area contributed by atoms with Crippen LogP contribution in [0.2, 0.25) is 0 Å².